The number of unbranched alkanes of at least 4 members (excludes halogenated alkanes) is 41. The van der Waals surface area contributed by atoms with E-state index in [0.717, 1.165) is 70.6 Å². The lowest BCUT2D eigenvalue weighted by atomic mass is 10.0. The van der Waals surface area contributed by atoms with Crippen molar-refractivity contribution < 1.29 is 37.3 Å². The van der Waals surface area contributed by atoms with Crippen molar-refractivity contribution in [2.75, 3.05) is 40.9 Å². The zero-order chi connectivity index (χ0) is 60.7. The summed E-state index contributed by atoms with van der Waals surface area (Å²) < 4.78 is 30.5. The maximum Gasteiger partial charge on any atom is 0.306 e. The predicted molar refractivity (Wildman–Crippen MR) is 358 cm³/mol. The first kappa shape index (κ1) is 80.7. The van der Waals surface area contributed by atoms with Crippen LogP contribution in [0.4, 0.5) is 0 Å². The molecule has 0 heterocycles. The Labute approximate surface area is 515 Å². The summed E-state index contributed by atoms with van der Waals surface area (Å²) in [5.41, 5.74) is 0. The third kappa shape index (κ3) is 64.0. The van der Waals surface area contributed by atoms with Crippen molar-refractivity contribution in [3.8, 4) is 0 Å². The summed E-state index contributed by atoms with van der Waals surface area (Å²) in [5, 5.41) is 3.05. The Kier molecular flexibility index (Phi) is 61.0. The van der Waals surface area contributed by atoms with Gasteiger partial charge >= 0.3 is 5.97 Å². The third-order valence-corrected chi connectivity index (χ3v) is 16.9. The maximum absolute atomic E-state index is 13.6. The molecule has 83 heavy (non-hydrogen) atoms. The molecule has 0 spiro atoms. The van der Waals surface area contributed by atoms with E-state index in [-0.39, 0.29) is 31.5 Å². The molecule has 10 heteroatoms. The Morgan fingerprint density at radius 3 is 1.13 bits per heavy atom. The maximum atomic E-state index is 13.6. The fourth-order valence-electron chi connectivity index (χ4n) is 10.4. The lowest BCUT2D eigenvalue weighted by Crippen LogP contribution is -2.47. The van der Waals surface area contributed by atoms with Gasteiger partial charge in [0.1, 0.15) is 19.3 Å². The van der Waals surface area contributed by atoms with Gasteiger partial charge in [0.2, 0.25) is 5.91 Å². The van der Waals surface area contributed by atoms with Crippen LogP contribution >= 0.6 is 7.82 Å². The topological polar surface area (TPSA) is 114 Å². The molecule has 0 rings (SSSR count). The van der Waals surface area contributed by atoms with Crippen molar-refractivity contribution in [1.82, 2.24) is 5.32 Å². The molecular weight excluding hydrogens is 1050 g/mol. The summed E-state index contributed by atoms with van der Waals surface area (Å²) in [6.07, 6.45) is 80.5. The molecule has 1 amide bonds. The molecule has 486 valence electrons. The van der Waals surface area contributed by atoms with Crippen LogP contribution in [0.1, 0.15) is 342 Å². The molecule has 0 radical (unpaired) electrons. The molecule has 0 aromatic rings. The molecular formula is C73H137N2O7P. The van der Waals surface area contributed by atoms with Crippen LogP contribution in [-0.4, -0.2) is 69.4 Å². The Hall–Kier alpha value is -2.29. The van der Waals surface area contributed by atoms with Crippen molar-refractivity contribution in [3.05, 3.63) is 60.8 Å². The number of phosphoric acid groups is 1. The summed E-state index contributed by atoms with van der Waals surface area (Å²) in [5.74, 6) is -0.534. The number of esters is 1. The second-order valence-electron chi connectivity index (χ2n) is 25.4. The number of phosphoric ester groups is 1. The van der Waals surface area contributed by atoms with Crippen LogP contribution < -0.4 is 10.2 Å². The molecule has 0 saturated carbocycles. The highest BCUT2D eigenvalue weighted by atomic mass is 31.2. The standard InChI is InChI=1S/C73H137N2O7P/c1-7-10-13-16-19-22-25-28-30-32-34-36-37-39-41-43-45-48-51-54-57-60-63-66-73(77)82-71(64-61-58-55-52-49-46-27-24-21-18-15-12-9-3)70(69-81-83(78,79)80-68-67-75(4,5)6)74-72(76)65-62-59-56-53-50-47-44-42-40-38-35-33-31-29-26-23-20-17-14-11-8-2/h19,22,28-31,34,36,61,64,70-71H,7-18,20-21,23-27,32-33,35,37-60,62-63,65-69H2,1-6H3,(H-,74,76,78,79)/b22-19-,30-28-,31-29+,36-34-,64-61+. The molecule has 0 bridgehead atoms. The smallest absolute Gasteiger partial charge is 0.306 e. The molecule has 1 N–H and O–H groups in total. The minimum absolute atomic E-state index is 0.0230. The van der Waals surface area contributed by atoms with Gasteiger partial charge < -0.3 is 28.5 Å². The Balaban J connectivity index is 5.12. The highest BCUT2D eigenvalue weighted by molar-refractivity contribution is 7.45. The van der Waals surface area contributed by atoms with E-state index in [2.05, 4.69) is 74.7 Å². The molecule has 0 aromatic carbocycles. The number of hydrogen-bond acceptors (Lipinski definition) is 7. The molecule has 0 aliphatic carbocycles. The van der Waals surface area contributed by atoms with Crippen molar-refractivity contribution >= 4 is 19.7 Å². The van der Waals surface area contributed by atoms with Crippen LogP contribution in [0, 0.1) is 0 Å². The van der Waals surface area contributed by atoms with Crippen molar-refractivity contribution in [2.45, 2.75) is 354 Å². The van der Waals surface area contributed by atoms with E-state index in [1.165, 1.54) is 238 Å². The van der Waals surface area contributed by atoms with Gasteiger partial charge in [0, 0.05) is 12.8 Å². The van der Waals surface area contributed by atoms with Crippen LogP contribution in [0.3, 0.4) is 0 Å². The van der Waals surface area contributed by atoms with Crippen LogP contribution in [0.15, 0.2) is 60.8 Å². The summed E-state index contributed by atoms with van der Waals surface area (Å²) in [4.78, 5) is 40.2. The molecule has 0 aromatic heterocycles. The average Bonchev–Trinajstić information content (AvgIpc) is 3.47. The number of quaternary nitrogens is 1. The highest BCUT2D eigenvalue weighted by Gasteiger charge is 2.27. The number of nitrogens with one attached hydrogen (secondary N) is 1. The number of nitrogens with zero attached hydrogens (tertiary/aromatic N) is 1. The molecule has 0 fully saturated rings. The number of rotatable bonds is 65. The average molecular weight is 1190 g/mol. The van der Waals surface area contributed by atoms with E-state index in [1.807, 2.05) is 33.3 Å². The first-order chi connectivity index (χ1) is 40.4. The number of carbonyl (C=O) groups is 2. The van der Waals surface area contributed by atoms with Gasteiger partial charge in [0.15, 0.2) is 0 Å². The molecule has 3 unspecified atom stereocenters. The molecule has 0 aliphatic heterocycles. The fourth-order valence-corrected chi connectivity index (χ4v) is 11.1. The number of likely N-dealkylation sites (N-methyl/N-ethyl adjacent to an activating group) is 1. The zero-order valence-corrected chi connectivity index (χ0v) is 56.6. The molecule has 0 saturated heterocycles. The Morgan fingerprint density at radius 1 is 0.422 bits per heavy atom. The van der Waals surface area contributed by atoms with Crippen molar-refractivity contribution in [1.29, 1.82) is 0 Å². The van der Waals surface area contributed by atoms with Gasteiger partial charge in [0.05, 0.1) is 33.8 Å². The van der Waals surface area contributed by atoms with E-state index in [4.69, 9.17) is 13.8 Å². The van der Waals surface area contributed by atoms with Gasteiger partial charge in [-0.3, -0.25) is 14.2 Å². The van der Waals surface area contributed by atoms with Crippen LogP contribution in [0.5, 0.6) is 0 Å². The number of allylic oxidation sites excluding steroid dienone is 9. The van der Waals surface area contributed by atoms with Gasteiger partial charge in [-0.25, -0.2) is 0 Å². The second kappa shape index (κ2) is 62.8. The minimum atomic E-state index is -4.71. The number of carbonyl (C=O) groups excluding carboxylic acids is 2. The highest BCUT2D eigenvalue weighted by Crippen LogP contribution is 2.38. The Morgan fingerprint density at radius 2 is 0.735 bits per heavy atom. The van der Waals surface area contributed by atoms with E-state index < -0.39 is 20.0 Å². The first-order valence-electron chi connectivity index (χ1n) is 35.6. The number of ether oxygens (including phenoxy) is 1. The monoisotopic (exact) mass is 1190 g/mol. The van der Waals surface area contributed by atoms with Crippen LogP contribution in [-0.2, 0) is 27.9 Å². The minimum Gasteiger partial charge on any atom is -0.756 e. The van der Waals surface area contributed by atoms with Gasteiger partial charge in [-0.05, 0) is 96.0 Å². The predicted octanol–water partition coefficient (Wildman–Crippen LogP) is 21.9. The fraction of sp³-hybridized carbons (Fsp3) is 0.836. The van der Waals surface area contributed by atoms with Crippen LogP contribution in [0.2, 0.25) is 0 Å². The van der Waals surface area contributed by atoms with Crippen molar-refractivity contribution in [2.24, 2.45) is 0 Å². The third-order valence-electron chi connectivity index (χ3n) is 15.9. The van der Waals surface area contributed by atoms with E-state index >= 15 is 0 Å². The summed E-state index contributed by atoms with van der Waals surface area (Å²) >= 11 is 0. The lowest BCUT2D eigenvalue weighted by Gasteiger charge is -2.30. The largest absolute Gasteiger partial charge is 0.756 e. The number of amides is 1. The molecule has 0 aliphatic rings. The van der Waals surface area contributed by atoms with Gasteiger partial charge in [-0.15, -0.1) is 0 Å². The van der Waals surface area contributed by atoms with Crippen LogP contribution in [0.25, 0.3) is 0 Å². The van der Waals surface area contributed by atoms with E-state index in [9.17, 15) is 19.0 Å². The summed E-state index contributed by atoms with van der Waals surface area (Å²) in [6.45, 7) is 6.85. The van der Waals surface area contributed by atoms with Gasteiger partial charge in [-0.1, -0.05) is 294 Å². The SMILES string of the molecule is CCCCC/C=C\C/C=C\C/C=C\CCCCCCCCCCCCC(=O)OC(/C=C/CCCCCCCCCCCCC)C(COP(=O)([O-])OCC[N+](C)(C)C)NC(=O)CCCCCCCCCCCCC/C=C/CCCCCCCC. The summed E-state index contributed by atoms with van der Waals surface area (Å²) in [7, 11) is 1.19. The Bertz CT molecular complexity index is 1600. The lowest BCUT2D eigenvalue weighted by molar-refractivity contribution is -0.870. The normalized spacial score (nSPS) is 13.9. The zero-order valence-electron chi connectivity index (χ0n) is 55.7. The van der Waals surface area contributed by atoms with E-state index in [0.29, 0.717) is 17.4 Å². The van der Waals surface area contributed by atoms with Gasteiger partial charge in [0.25, 0.3) is 7.82 Å². The molecule has 9 nitrogen and oxygen atoms in total. The quantitative estimate of drug-likeness (QED) is 0.0212. The second-order valence-corrected chi connectivity index (χ2v) is 26.8. The molecule has 3 atom stereocenters. The summed E-state index contributed by atoms with van der Waals surface area (Å²) in [6, 6.07) is -0.892. The first-order valence-corrected chi connectivity index (χ1v) is 37.1. The van der Waals surface area contributed by atoms with E-state index in [1.54, 1.807) is 0 Å². The van der Waals surface area contributed by atoms with Crippen molar-refractivity contribution in [3.63, 3.8) is 0 Å². The number of hydrogen-bond donors (Lipinski definition) is 1. The van der Waals surface area contributed by atoms with Gasteiger partial charge in [-0.2, -0.15) is 0 Å².